The average molecular weight is 184 g/mol. The summed E-state index contributed by atoms with van der Waals surface area (Å²) in [6, 6.07) is 0.0312. The molecule has 4 heteroatoms. The van der Waals surface area contributed by atoms with Crippen LogP contribution in [0.5, 0.6) is 0 Å². The standard InChI is InChI=1S/C9H16N2O2/c1-6(2)9(13)11-7-3-4-10-8(12)5-7/h6-7H,3-5H2,1-2H3,(H,10,12)(H,11,13). The van der Waals surface area contributed by atoms with Gasteiger partial charge < -0.3 is 10.6 Å². The van der Waals surface area contributed by atoms with Crippen LogP contribution in [-0.4, -0.2) is 24.4 Å². The summed E-state index contributed by atoms with van der Waals surface area (Å²) in [5.74, 6) is 0.0463. The summed E-state index contributed by atoms with van der Waals surface area (Å²) in [6.07, 6.45) is 1.25. The van der Waals surface area contributed by atoms with Gasteiger partial charge in [0, 0.05) is 24.9 Å². The second kappa shape index (κ2) is 4.25. The number of piperidine rings is 1. The fourth-order valence-electron chi connectivity index (χ4n) is 1.27. The number of carbonyl (C=O) groups is 2. The van der Waals surface area contributed by atoms with E-state index < -0.39 is 0 Å². The Labute approximate surface area is 78.1 Å². The number of hydrogen-bond acceptors (Lipinski definition) is 2. The van der Waals surface area contributed by atoms with Crippen molar-refractivity contribution in [1.29, 1.82) is 0 Å². The van der Waals surface area contributed by atoms with Crippen LogP contribution >= 0.6 is 0 Å². The lowest BCUT2D eigenvalue weighted by Gasteiger charge is -2.23. The smallest absolute Gasteiger partial charge is 0.222 e. The van der Waals surface area contributed by atoms with Crippen LogP contribution in [-0.2, 0) is 9.59 Å². The average Bonchev–Trinajstić information content (AvgIpc) is 2.04. The van der Waals surface area contributed by atoms with Crippen LogP contribution in [0.1, 0.15) is 26.7 Å². The minimum absolute atomic E-state index is 0.00927. The van der Waals surface area contributed by atoms with Crippen molar-refractivity contribution < 1.29 is 9.59 Å². The van der Waals surface area contributed by atoms with Crippen molar-refractivity contribution in [2.45, 2.75) is 32.7 Å². The van der Waals surface area contributed by atoms with Gasteiger partial charge in [-0.2, -0.15) is 0 Å². The first-order valence-corrected chi connectivity index (χ1v) is 4.66. The van der Waals surface area contributed by atoms with Gasteiger partial charge in [0.15, 0.2) is 0 Å². The van der Waals surface area contributed by atoms with Crippen molar-refractivity contribution in [2.24, 2.45) is 5.92 Å². The molecular formula is C9H16N2O2. The van der Waals surface area contributed by atoms with Crippen molar-refractivity contribution in [3.05, 3.63) is 0 Å². The number of hydrogen-bond donors (Lipinski definition) is 2. The highest BCUT2D eigenvalue weighted by atomic mass is 16.2. The molecule has 1 fully saturated rings. The van der Waals surface area contributed by atoms with Crippen molar-refractivity contribution >= 4 is 11.8 Å². The third-order valence-corrected chi connectivity index (χ3v) is 2.12. The molecular weight excluding hydrogens is 168 g/mol. The first-order valence-electron chi connectivity index (χ1n) is 4.66. The van der Waals surface area contributed by atoms with Gasteiger partial charge in [0.25, 0.3) is 0 Å². The summed E-state index contributed by atoms with van der Waals surface area (Å²) < 4.78 is 0. The summed E-state index contributed by atoms with van der Waals surface area (Å²) in [5, 5.41) is 5.57. The van der Waals surface area contributed by atoms with Gasteiger partial charge in [-0.3, -0.25) is 9.59 Å². The van der Waals surface area contributed by atoms with E-state index in [-0.39, 0.29) is 23.8 Å². The molecule has 2 amide bonds. The Balaban J connectivity index is 2.36. The Bertz CT molecular complexity index is 214. The molecule has 1 atom stereocenters. The molecule has 1 saturated heterocycles. The normalized spacial score (nSPS) is 22.7. The molecule has 4 nitrogen and oxygen atoms in total. The van der Waals surface area contributed by atoms with Gasteiger partial charge in [-0.15, -0.1) is 0 Å². The van der Waals surface area contributed by atoms with Crippen LogP contribution in [0.25, 0.3) is 0 Å². The fraction of sp³-hybridized carbons (Fsp3) is 0.778. The van der Waals surface area contributed by atoms with E-state index in [2.05, 4.69) is 10.6 Å². The molecule has 74 valence electrons. The summed E-state index contributed by atoms with van der Waals surface area (Å²) in [4.78, 5) is 22.2. The predicted molar refractivity (Wildman–Crippen MR) is 49.0 cm³/mol. The molecule has 2 N–H and O–H groups in total. The summed E-state index contributed by atoms with van der Waals surface area (Å²) >= 11 is 0. The highest BCUT2D eigenvalue weighted by molar-refractivity contribution is 5.81. The van der Waals surface area contributed by atoms with Crippen LogP contribution < -0.4 is 10.6 Å². The molecule has 0 bridgehead atoms. The highest BCUT2D eigenvalue weighted by Crippen LogP contribution is 2.04. The summed E-state index contributed by atoms with van der Waals surface area (Å²) in [5.41, 5.74) is 0. The highest BCUT2D eigenvalue weighted by Gasteiger charge is 2.21. The SMILES string of the molecule is CC(C)C(=O)NC1CCNC(=O)C1. The van der Waals surface area contributed by atoms with Crippen LogP contribution in [0.15, 0.2) is 0 Å². The monoisotopic (exact) mass is 184 g/mol. The lowest BCUT2D eigenvalue weighted by molar-refractivity contribution is -0.126. The lowest BCUT2D eigenvalue weighted by atomic mass is 10.1. The van der Waals surface area contributed by atoms with E-state index in [0.717, 1.165) is 6.42 Å². The second-order valence-electron chi connectivity index (χ2n) is 3.70. The fourth-order valence-corrected chi connectivity index (χ4v) is 1.27. The van der Waals surface area contributed by atoms with Crippen LogP contribution in [0.2, 0.25) is 0 Å². The van der Waals surface area contributed by atoms with Gasteiger partial charge in [-0.25, -0.2) is 0 Å². The number of nitrogens with one attached hydrogen (secondary N) is 2. The molecule has 0 aromatic rings. The molecule has 0 aromatic carbocycles. The van der Waals surface area contributed by atoms with E-state index in [0.29, 0.717) is 13.0 Å². The zero-order valence-corrected chi connectivity index (χ0v) is 8.09. The van der Waals surface area contributed by atoms with Gasteiger partial charge in [0.1, 0.15) is 0 Å². The van der Waals surface area contributed by atoms with Crippen molar-refractivity contribution in [1.82, 2.24) is 10.6 Å². The van der Waals surface area contributed by atoms with Gasteiger partial charge >= 0.3 is 0 Å². The Morgan fingerprint density at radius 3 is 2.85 bits per heavy atom. The van der Waals surface area contributed by atoms with Crippen molar-refractivity contribution in [2.75, 3.05) is 6.54 Å². The molecule has 0 aliphatic carbocycles. The lowest BCUT2D eigenvalue weighted by Crippen LogP contribution is -2.46. The molecule has 1 unspecified atom stereocenters. The first kappa shape index (κ1) is 10.0. The molecule has 1 rings (SSSR count). The first-order chi connectivity index (χ1) is 6.09. The molecule has 1 heterocycles. The Hall–Kier alpha value is -1.06. The summed E-state index contributed by atoms with van der Waals surface area (Å²) in [6.45, 7) is 4.36. The van der Waals surface area contributed by atoms with E-state index >= 15 is 0 Å². The third kappa shape index (κ3) is 3.05. The van der Waals surface area contributed by atoms with Crippen LogP contribution in [0, 0.1) is 5.92 Å². The van der Waals surface area contributed by atoms with Gasteiger partial charge in [0.2, 0.25) is 11.8 Å². The zero-order valence-electron chi connectivity index (χ0n) is 8.09. The molecule has 0 aromatic heterocycles. The van der Waals surface area contributed by atoms with Gasteiger partial charge in [-0.1, -0.05) is 13.8 Å². The minimum Gasteiger partial charge on any atom is -0.356 e. The van der Waals surface area contributed by atoms with E-state index in [9.17, 15) is 9.59 Å². The number of amides is 2. The van der Waals surface area contributed by atoms with Gasteiger partial charge in [-0.05, 0) is 6.42 Å². The second-order valence-corrected chi connectivity index (χ2v) is 3.70. The minimum atomic E-state index is -0.00927. The Morgan fingerprint density at radius 1 is 1.62 bits per heavy atom. The predicted octanol–water partition coefficient (Wildman–Crippen LogP) is 0.0372. The molecule has 13 heavy (non-hydrogen) atoms. The van der Waals surface area contributed by atoms with Crippen LogP contribution in [0.3, 0.4) is 0 Å². The molecule has 1 aliphatic heterocycles. The summed E-state index contributed by atoms with van der Waals surface area (Å²) in [7, 11) is 0. The largest absolute Gasteiger partial charge is 0.356 e. The Kier molecular flexibility index (Phi) is 3.28. The van der Waals surface area contributed by atoms with E-state index in [1.54, 1.807) is 0 Å². The van der Waals surface area contributed by atoms with E-state index in [1.165, 1.54) is 0 Å². The maximum atomic E-state index is 11.3. The van der Waals surface area contributed by atoms with Crippen LogP contribution in [0.4, 0.5) is 0 Å². The Morgan fingerprint density at radius 2 is 2.31 bits per heavy atom. The number of rotatable bonds is 2. The maximum Gasteiger partial charge on any atom is 0.222 e. The van der Waals surface area contributed by atoms with Crippen molar-refractivity contribution in [3.63, 3.8) is 0 Å². The van der Waals surface area contributed by atoms with E-state index in [1.807, 2.05) is 13.8 Å². The molecule has 1 aliphatic rings. The molecule has 0 saturated carbocycles. The maximum absolute atomic E-state index is 11.3. The topological polar surface area (TPSA) is 58.2 Å². The number of carbonyl (C=O) groups excluding carboxylic acids is 2. The van der Waals surface area contributed by atoms with Gasteiger partial charge in [0.05, 0.1) is 0 Å². The molecule has 0 spiro atoms. The zero-order chi connectivity index (χ0) is 9.84. The quantitative estimate of drug-likeness (QED) is 0.636. The van der Waals surface area contributed by atoms with Crippen molar-refractivity contribution in [3.8, 4) is 0 Å². The van der Waals surface area contributed by atoms with E-state index in [4.69, 9.17) is 0 Å². The third-order valence-electron chi connectivity index (χ3n) is 2.12. The molecule has 0 radical (unpaired) electrons.